The Bertz CT molecular complexity index is 536. The number of hydrogen-bond donors (Lipinski definition) is 0. The monoisotopic (exact) mass is 364 g/mol. The molecule has 1 saturated heterocycles. The fourth-order valence-electron chi connectivity index (χ4n) is 3.03. The van der Waals surface area contributed by atoms with Crippen LogP contribution in [0.1, 0.15) is 32.8 Å². The summed E-state index contributed by atoms with van der Waals surface area (Å²) < 4.78 is 10.7. The van der Waals surface area contributed by atoms with Gasteiger partial charge >= 0.3 is 0 Å². The van der Waals surface area contributed by atoms with Crippen molar-refractivity contribution in [2.45, 2.75) is 39.3 Å². The molecule has 1 aromatic carbocycles. The molecule has 1 heterocycles. The number of carbonyl (C=O) groups excluding carboxylic acids is 1. The Kier molecular flexibility index (Phi) is 7.87. The number of methoxy groups -OCH3 is 1. The minimum Gasteiger partial charge on any atom is -0.497 e. The second-order valence-corrected chi connectivity index (χ2v) is 7.76. The zero-order valence-electron chi connectivity index (χ0n) is 16.4. The Morgan fingerprint density at radius 1 is 1.23 bits per heavy atom. The Labute approximate surface area is 157 Å². The normalized spacial score (nSPS) is 17.5. The van der Waals surface area contributed by atoms with E-state index in [0.29, 0.717) is 12.5 Å². The summed E-state index contributed by atoms with van der Waals surface area (Å²) >= 11 is 0. The van der Waals surface area contributed by atoms with Gasteiger partial charge in [-0.05, 0) is 50.8 Å². The van der Waals surface area contributed by atoms with E-state index in [0.717, 1.165) is 51.4 Å². The van der Waals surface area contributed by atoms with Gasteiger partial charge in [-0.2, -0.15) is 0 Å². The zero-order valence-corrected chi connectivity index (χ0v) is 16.4. The second-order valence-electron chi connectivity index (χ2n) is 7.76. The third kappa shape index (κ3) is 7.32. The zero-order chi connectivity index (χ0) is 19.0. The van der Waals surface area contributed by atoms with E-state index >= 15 is 0 Å². The first-order valence-corrected chi connectivity index (χ1v) is 9.23. The van der Waals surface area contributed by atoms with Crippen molar-refractivity contribution < 1.29 is 19.1 Å². The van der Waals surface area contributed by atoms with Crippen molar-refractivity contribution in [2.75, 3.05) is 40.0 Å². The molecule has 1 aliphatic rings. The molecule has 1 aromatic rings. The highest BCUT2D eigenvalue weighted by molar-refractivity contribution is 5.45. The van der Waals surface area contributed by atoms with Crippen LogP contribution < -0.4 is 4.74 Å². The maximum Gasteiger partial charge on any atom is 0.233 e. The highest BCUT2D eigenvalue weighted by atomic mass is 16.7. The fourth-order valence-corrected chi connectivity index (χ4v) is 3.03. The van der Waals surface area contributed by atoms with E-state index in [1.54, 1.807) is 7.11 Å². The third-order valence-electron chi connectivity index (χ3n) is 4.25. The van der Waals surface area contributed by atoms with E-state index in [-0.39, 0.29) is 5.60 Å². The number of hydrogen-bond acceptors (Lipinski definition) is 5. The Hall–Kier alpha value is -1.63. The highest BCUT2D eigenvalue weighted by Gasteiger charge is 2.21. The summed E-state index contributed by atoms with van der Waals surface area (Å²) in [7, 11) is 1.67. The molecule has 0 N–H and O–H groups in total. The Balaban J connectivity index is 1.96. The average molecular weight is 364 g/mol. The minimum atomic E-state index is -0.388. The van der Waals surface area contributed by atoms with Gasteiger partial charge in [-0.3, -0.25) is 14.5 Å². The molecule has 0 saturated carbocycles. The van der Waals surface area contributed by atoms with Crippen LogP contribution in [0.15, 0.2) is 24.3 Å². The lowest BCUT2D eigenvalue weighted by Gasteiger charge is -2.30. The maximum atomic E-state index is 11.3. The average Bonchev–Trinajstić information content (AvgIpc) is 3.11. The van der Waals surface area contributed by atoms with Gasteiger partial charge in [0.25, 0.3) is 0 Å². The number of amides is 1. The van der Waals surface area contributed by atoms with Crippen LogP contribution in [0.25, 0.3) is 0 Å². The van der Waals surface area contributed by atoms with Crippen molar-refractivity contribution in [1.82, 2.24) is 9.96 Å². The van der Waals surface area contributed by atoms with E-state index in [2.05, 4.69) is 17.0 Å². The number of ether oxygens (including phenoxy) is 2. The van der Waals surface area contributed by atoms with Gasteiger partial charge in [-0.15, -0.1) is 0 Å². The van der Waals surface area contributed by atoms with Gasteiger partial charge in [0, 0.05) is 26.2 Å². The number of hydroxylamine groups is 2. The van der Waals surface area contributed by atoms with Gasteiger partial charge in [0.2, 0.25) is 6.41 Å². The molecule has 0 aliphatic carbocycles. The molecule has 6 heteroatoms. The van der Waals surface area contributed by atoms with Gasteiger partial charge in [0.15, 0.2) is 0 Å². The van der Waals surface area contributed by atoms with Crippen LogP contribution in [0.5, 0.6) is 5.75 Å². The molecular weight excluding hydrogens is 332 g/mol. The molecule has 1 aliphatic heterocycles. The van der Waals surface area contributed by atoms with Crippen LogP contribution in [0.4, 0.5) is 0 Å². The van der Waals surface area contributed by atoms with Gasteiger partial charge < -0.3 is 9.47 Å². The second kappa shape index (κ2) is 9.90. The molecule has 1 fully saturated rings. The van der Waals surface area contributed by atoms with Crippen LogP contribution in [-0.4, -0.2) is 61.9 Å². The number of nitrogens with zero attached hydrogens (tertiary/aromatic N) is 2. The molecule has 2 rings (SSSR count). The van der Waals surface area contributed by atoms with E-state index in [9.17, 15) is 4.79 Å². The standard InChI is InChI=1S/C20H32N2O4/c1-20(2,3)26-22(16-23)11-10-21(14-18-9-12-25-15-18)13-17-5-7-19(24-4)8-6-17/h5-8,16,18H,9-15H2,1-4H3. The molecule has 1 amide bonds. The van der Waals surface area contributed by atoms with Crippen LogP contribution >= 0.6 is 0 Å². The van der Waals surface area contributed by atoms with Crippen LogP contribution in [0.3, 0.4) is 0 Å². The topological polar surface area (TPSA) is 51.2 Å². The van der Waals surface area contributed by atoms with Crippen LogP contribution in [0, 0.1) is 5.92 Å². The lowest BCUT2D eigenvalue weighted by molar-refractivity contribution is -0.217. The Morgan fingerprint density at radius 2 is 1.96 bits per heavy atom. The number of benzene rings is 1. The van der Waals surface area contributed by atoms with Crippen LogP contribution in [-0.2, 0) is 20.9 Å². The van der Waals surface area contributed by atoms with E-state index in [1.165, 1.54) is 10.6 Å². The number of rotatable bonds is 10. The molecule has 1 unspecified atom stereocenters. The van der Waals surface area contributed by atoms with Crippen molar-refractivity contribution in [3.8, 4) is 5.75 Å². The molecule has 146 valence electrons. The predicted octanol–water partition coefficient (Wildman–Crippen LogP) is 2.72. The largest absolute Gasteiger partial charge is 0.497 e. The van der Waals surface area contributed by atoms with Crippen molar-refractivity contribution in [1.29, 1.82) is 0 Å². The lowest BCUT2D eigenvalue weighted by atomic mass is 10.1. The third-order valence-corrected chi connectivity index (χ3v) is 4.25. The van der Waals surface area contributed by atoms with E-state index in [4.69, 9.17) is 14.3 Å². The predicted molar refractivity (Wildman–Crippen MR) is 101 cm³/mol. The van der Waals surface area contributed by atoms with Gasteiger partial charge in [0.05, 0.1) is 25.9 Å². The summed E-state index contributed by atoms with van der Waals surface area (Å²) in [6.07, 6.45) is 1.85. The summed E-state index contributed by atoms with van der Waals surface area (Å²) in [5.74, 6) is 1.40. The summed E-state index contributed by atoms with van der Waals surface area (Å²) in [4.78, 5) is 19.4. The van der Waals surface area contributed by atoms with Crippen molar-refractivity contribution in [3.63, 3.8) is 0 Å². The van der Waals surface area contributed by atoms with Crippen molar-refractivity contribution in [3.05, 3.63) is 29.8 Å². The van der Waals surface area contributed by atoms with Crippen LogP contribution in [0.2, 0.25) is 0 Å². The fraction of sp³-hybridized carbons (Fsp3) is 0.650. The van der Waals surface area contributed by atoms with Gasteiger partial charge in [-0.1, -0.05) is 12.1 Å². The van der Waals surface area contributed by atoms with Crippen molar-refractivity contribution >= 4 is 6.41 Å². The molecule has 0 radical (unpaired) electrons. The molecular formula is C20H32N2O4. The maximum absolute atomic E-state index is 11.3. The molecule has 26 heavy (non-hydrogen) atoms. The summed E-state index contributed by atoms with van der Waals surface area (Å²) in [5.41, 5.74) is 0.834. The molecule has 0 spiro atoms. The lowest BCUT2D eigenvalue weighted by Crippen LogP contribution is -2.40. The van der Waals surface area contributed by atoms with E-state index < -0.39 is 0 Å². The first kappa shape index (κ1) is 20.7. The summed E-state index contributed by atoms with van der Waals surface area (Å²) in [6.45, 7) is 10.5. The van der Waals surface area contributed by atoms with Crippen molar-refractivity contribution in [2.24, 2.45) is 5.92 Å². The number of carbonyl (C=O) groups is 1. The highest BCUT2D eigenvalue weighted by Crippen LogP contribution is 2.18. The molecule has 0 bridgehead atoms. The summed E-state index contributed by atoms with van der Waals surface area (Å²) in [5, 5.41) is 1.40. The quantitative estimate of drug-likeness (QED) is 0.472. The van der Waals surface area contributed by atoms with E-state index in [1.807, 2.05) is 32.9 Å². The first-order valence-electron chi connectivity index (χ1n) is 9.23. The summed E-state index contributed by atoms with van der Waals surface area (Å²) in [6, 6.07) is 8.12. The van der Waals surface area contributed by atoms with Gasteiger partial charge in [0.1, 0.15) is 5.75 Å². The molecule has 1 atom stereocenters. The SMILES string of the molecule is COc1ccc(CN(CCN(C=O)OC(C)(C)C)CC2CCOC2)cc1. The Morgan fingerprint density at radius 3 is 2.50 bits per heavy atom. The molecule has 0 aromatic heterocycles. The minimum absolute atomic E-state index is 0.388. The van der Waals surface area contributed by atoms with Gasteiger partial charge in [-0.25, -0.2) is 5.06 Å². The molecule has 6 nitrogen and oxygen atoms in total. The first-order chi connectivity index (χ1) is 12.4. The smallest absolute Gasteiger partial charge is 0.233 e.